The number of aryl methyl sites for hydroxylation is 1. The number of hydrogen-bond donors (Lipinski definition) is 1. The van der Waals surface area contributed by atoms with Crippen molar-refractivity contribution in [2.24, 2.45) is 0 Å². The van der Waals surface area contributed by atoms with Crippen molar-refractivity contribution in [2.75, 3.05) is 20.8 Å². The number of aliphatic hydroxyl groups is 1. The van der Waals surface area contributed by atoms with Crippen molar-refractivity contribution >= 4 is 0 Å². The van der Waals surface area contributed by atoms with E-state index in [1.54, 1.807) is 7.11 Å². The number of methoxy groups -OCH3 is 1. The Morgan fingerprint density at radius 2 is 1.76 bits per heavy atom. The molecule has 0 aliphatic heterocycles. The molecular weight excluding hydrogens is 262 g/mol. The van der Waals surface area contributed by atoms with E-state index in [0.29, 0.717) is 0 Å². The van der Waals surface area contributed by atoms with Crippen molar-refractivity contribution in [3.8, 4) is 5.75 Å². The average molecular weight is 285 g/mol. The van der Waals surface area contributed by atoms with Crippen LogP contribution in [0, 0.1) is 6.92 Å². The Balaban J connectivity index is 2.14. The summed E-state index contributed by atoms with van der Waals surface area (Å²) in [6.07, 6.45) is 0. The van der Waals surface area contributed by atoms with Gasteiger partial charge in [-0.3, -0.25) is 4.90 Å². The maximum Gasteiger partial charge on any atom is 0.118 e. The van der Waals surface area contributed by atoms with E-state index in [9.17, 15) is 5.11 Å². The summed E-state index contributed by atoms with van der Waals surface area (Å²) in [4.78, 5) is 2.17. The molecule has 0 aromatic heterocycles. The third-order valence-electron chi connectivity index (χ3n) is 3.89. The van der Waals surface area contributed by atoms with Crippen LogP contribution in [0.4, 0.5) is 0 Å². The standard InChI is InChI=1S/C18H23NO2/c1-14-6-4-5-7-16(14)12-19(2)18(13-20)15-8-10-17(21-3)11-9-15/h4-11,18,20H,12-13H2,1-3H3. The Hall–Kier alpha value is -1.84. The molecule has 0 aliphatic carbocycles. The molecule has 0 amide bonds. The first-order valence-electron chi connectivity index (χ1n) is 7.15. The second kappa shape index (κ2) is 7.25. The van der Waals surface area contributed by atoms with Gasteiger partial charge in [-0.2, -0.15) is 0 Å². The van der Waals surface area contributed by atoms with Crippen LogP contribution < -0.4 is 4.74 Å². The molecule has 3 heteroatoms. The van der Waals surface area contributed by atoms with Crippen LogP contribution in [-0.4, -0.2) is 30.8 Å². The van der Waals surface area contributed by atoms with Gasteiger partial charge in [-0.1, -0.05) is 36.4 Å². The summed E-state index contributed by atoms with van der Waals surface area (Å²) in [5.74, 6) is 0.831. The Morgan fingerprint density at radius 1 is 1.10 bits per heavy atom. The summed E-state index contributed by atoms with van der Waals surface area (Å²) in [6.45, 7) is 3.02. The molecular formula is C18H23NO2. The second-order valence-electron chi connectivity index (χ2n) is 5.31. The number of ether oxygens (including phenoxy) is 1. The zero-order chi connectivity index (χ0) is 15.2. The van der Waals surface area contributed by atoms with Gasteiger partial charge in [-0.25, -0.2) is 0 Å². The minimum absolute atomic E-state index is 0.0180. The van der Waals surface area contributed by atoms with Crippen LogP contribution in [0.3, 0.4) is 0 Å². The fourth-order valence-corrected chi connectivity index (χ4v) is 2.49. The van der Waals surface area contributed by atoms with E-state index in [1.165, 1.54) is 11.1 Å². The zero-order valence-corrected chi connectivity index (χ0v) is 12.9. The van der Waals surface area contributed by atoms with Gasteiger partial charge in [-0.15, -0.1) is 0 Å². The highest BCUT2D eigenvalue weighted by atomic mass is 16.5. The van der Waals surface area contributed by atoms with Gasteiger partial charge in [0.1, 0.15) is 5.75 Å². The molecule has 112 valence electrons. The molecule has 1 atom stereocenters. The molecule has 0 saturated carbocycles. The molecule has 3 nitrogen and oxygen atoms in total. The predicted molar refractivity (Wildman–Crippen MR) is 85.5 cm³/mol. The molecule has 0 saturated heterocycles. The van der Waals surface area contributed by atoms with Gasteiger partial charge in [-0.05, 0) is 42.8 Å². The summed E-state index contributed by atoms with van der Waals surface area (Å²) >= 11 is 0. The fourth-order valence-electron chi connectivity index (χ4n) is 2.49. The second-order valence-corrected chi connectivity index (χ2v) is 5.31. The fraction of sp³-hybridized carbons (Fsp3) is 0.333. The van der Waals surface area contributed by atoms with E-state index >= 15 is 0 Å². The summed E-state index contributed by atoms with van der Waals surface area (Å²) in [5.41, 5.74) is 3.65. The molecule has 0 spiro atoms. The van der Waals surface area contributed by atoms with Crippen LogP contribution in [0.1, 0.15) is 22.7 Å². The molecule has 2 aromatic rings. The minimum Gasteiger partial charge on any atom is -0.497 e. The topological polar surface area (TPSA) is 32.7 Å². The molecule has 2 aromatic carbocycles. The van der Waals surface area contributed by atoms with Crippen LogP contribution in [0.2, 0.25) is 0 Å². The van der Waals surface area contributed by atoms with Crippen molar-refractivity contribution in [1.82, 2.24) is 4.90 Å². The van der Waals surface area contributed by atoms with Gasteiger partial charge >= 0.3 is 0 Å². The summed E-state index contributed by atoms with van der Waals surface area (Å²) in [6, 6.07) is 16.2. The molecule has 1 N–H and O–H groups in total. The monoisotopic (exact) mass is 285 g/mol. The average Bonchev–Trinajstić information content (AvgIpc) is 2.51. The van der Waals surface area contributed by atoms with Gasteiger partial charge < -0.3 is 9.84 Å². The third-order valence-corrected chi connectivity index (χ3v) is 3.89. The lowest BCUT2D eigenvalue weighted by molar-refractivity contribution is 0.142. The van der Waals surface area contributed by atoms with E-state index in [0.717, 1.165) is 17.9 Å². The Labute approximate surface area is 126 Å². The molecule has 0 heterocycles. The SMILES string of the molecule is COc1ccc(C(CO)N(C)Cc2ccccc2C)cc1. The number of likely N-dealkylation sites (N-methyl/N-ethyl adjacent to an activating group) is 1. The Kier molecular flexibility index (Phi) is 5.37. The summed E-state index contributed by atoms with van der Waals surface area (Å²) < 4.78 is 5.18. The molecule has 0 fully saturated rings. The number of hydrogen-bond acceptors (Lipinski definition) is 3. The number of nitrogens with zero attached hydrogens (tertiary/aromatic N) is 1. The highest BCUT2D eigenvalue weighted by molar-refractivity contribution is 5.30. The predicted octanol–water partition coefficient (Wildman–Crippen LogP) is 3.17. The smallest absolute Gasteiger partial charge is 0.118 e. The molecule has 2 rings (SSSR count). The zero-order valence-electron chi connectivity index (χ0n) is 12.9. The third kappa shape index (κ3) is 3.84. The summed E-state index contributed by atoms with van der Waals surface area (Å²) in [7, 11) is 3.69. The van der Waals surface area contributed by atoms with Gasteiger partial charge in [0.2, 0.25) is 0 Å². The maximum atomic E-state index is 9.75. The van der Waals surface area contributed by atoms with Gasteiger partial charge in [0.15, 0.2) is 0 Å². The van der Waals surface area contributed by atoms with Crippen LogP contribution in [0.5, 0.6) is 5.75 Å². The van der Waals surface area contributed by atoms with Crippen LogP contribution >= 0.6 is 0 Å². The van der Waals surface area contributed by atoms with Crippen LogP contribution in [0.15, 0.2) is 48.5 Å². The van der Waals surface area contributed by atoms with Crippen molar-refractivity contribution in [2.45, 2.75) is 19.5 Å². The minimum atomic E-state index is -0.0180. The van der Waals surface area contributed by atoms with Crippen LogP contribution in [-0.2, 0) is 6.54 Å². The largest absolute Gasteiger partial charge is 0.497 e. The molecule has 1 unspecified atom stereocenters. The van der Waals surface area contributed by atoms with Crippen molar-refractivity contribution in [3.63, 3.8) is 0 Å². The maximum absolute atomic E-state index is 9.75. The lowest BCUT2D eigenvalue weighted by Gasteiger charge is -2.27. The Morgan fingerprint density at radius 3 is 2.33 bits per heavy atom. The van der Waals surface area contributed by atoms with E-state index < -0.39 is 0 Å². The van der Waals surface area contributed by atoms with Crippen molar-refractivity contribution in [3.05, 3.63) is 65.2 Å². The molecule has 0 aliphatic rings. The highest BCUT2D eigenvalue weighted by Gasteiger charge is 2.17. The summed E-state index contributed by atoms with van der Waals surface area (Å²) in [5, 5.41) is 9.75. The van der Waals surface area contributed by atoms with Gasteiger partial charge in [0, 0.05) is 6.54 Å². The molecule has 0 radical (unpaired) electrons. The van der Waals surface area contributed by atoms with E-state index in [-0.39, 0.29) is 12.6 Å². The van der Waals surface area contributed by atoms with Crippen molar-refractivity contribution in [1.29, 1.82) is 0 Å². The quantitative estimate of drug-likeness (QED) is 0.885. The molecule has 21 heavy (non-hydrogen) atoms. The first-order chi connectivity index (χ1) is 10.2. The van der Waals surface area contributed by atoms with Gasteiger partial charge in [0.05, 0.1) is 19.8 Å². The van der Waals surface area contributed by atoms with Gasteiger partial charge in [0.25, 0.3) is 0 Å². The van der Waals surface area contributed by atoms with Crippen LogP contribution in [0.25, 0.3) is 0 Å². The van der Waals surface area contributed by atoms with E-state index in [4.69, 9.17) is 4.74 Å². The lowest BCUT2D eigenvalue weighted by atomic mass is 10.0. The van der Waals surface area contributed by atoms with E-state index in [1.807, 2.05) is 37.4 Å². The first kappa shape index (κ1) is 15.5. The number of aliphatic hydroxyl groups excluding tert-OH is 1. The lowest BCUT2D eigenvalue weighted by Crippen LogP contribution is -2.27. The van der Waals surface area contributed by atoms with Crippen molar-refractivity contribution < 1.29 is 9.84 Å². The first-order valence-corrected chi connectivity index (χ1v) is 7.15. The highest BCUT2D eigenvalue weighted by Crippen LogP contribution is 2.23. The molecule has 0 bridgehead atoms. The number of rotatable bonds is 6. The Bertz CT molecular complexity index is 566. The number of benzene rings is 2. The van der Waals surface area contributed by atoms with E-state index in [2.05, 4.69) is 30.0 Å². The normalized spacial score (nSPS) is 12.4.